The van der Waals surface area contributed by atoms with Crippen LogP contribution in [0.2, 0.25) is 0 Å². The maximum Gasteiger partial charge on any atom is 0.230 e. The normalized spacial score (nSPS) is 25.7. The predicted molar refractivity (Wildman–Crippen MR) is 87.7 cm³/mol. The van der Waals surface area contributed by atoms with Crippen molar-refractivity contribution in [2.75, 3.05) is 5.75 Å². The summed E-state index contributed by atoms with van der Waals surface area (Å²) in [4.78, 5) is 20.5. The van der Waals surface area contributed by atoms with Gasteiger partial charge in [-0.05, 0) is 43.2 Å². The van der Waals surface area contributed by atoms with Crippen LogP contribution in [0.3, 0.4) is 0 Å². The molecule has 4 rings (SSSR count). The van der Waals surface area contributed by atoms with Crippen molar-refractivity contribution in [3.8, 4) is 11.4 Å². The molecule has 0 radical (unpaired) electrons. The molecule has 23 heavy (non-hydrogen) atoms. The third kappa shape index (κ3) is 3.24. The van der Waals surface area contributed by atoms with E-state index in [0.29, 0.717) is 28.7 Å². The number of hydrogen-bond acceptors (Lipinski definition) is 5. The van der Waals surface area contributed by atoms with Gasteiger partial charge in [-0.3, -0.25) is 14.9 Å². The standard InChI is InChI=1S/C16H19N5OS/c22-14(18-13-8-10-1-2-12(13)7-10)9-23-16-19-15(20-21-16)11-3-5-17-6-4-11/h3-6,10,12-13H,1-2,7-9H2,(H,18,22)(H,19,20,21). The molecule has 0 aliphatic heterocycles. The number of aromatic nitrogens is 4. The fourth-order valence-electron chi connectivity index (χ4n) is 3.75. The monoisotopic (exact) mass is 329 g/mol. The predicted octanol–water partition coefficient (Wildman–Crippen LogP) is 2.26. The van der Waals surface area contributed by atoms with E-state index in [1.165, 1.54) is 31.0 Å². The van der Waals surface area contributed by atoms with Gasteiger partial charge in [-0.1, -0.05) is 18.2 Å². The lowest BCUT2D eigenvalue weighted by Gasteiger charge is -2.22. The Morgan fingerprint density at radius 3 is 2.91 bits per heavy atom. The van der Waals surface area contributed by atoms with Crippen LogP contribution in [-0.4, -0.2) is 37.9 Å². The Labute approximate surface area is 138 Å². The van der Waals surface area contributed by atoms with Crippen LogP contribution >= 0.6 is 11.8 Å². The third-order valence-electron chi connectivity index (χ3n) is 4.84. The molecule has 7 heteroatoms. The van der Waals surface area contributed by atoms with Crippen molar-refractivity contribution in [1.82, 2.24) is 25.5 Å². The lowest BCUT2D eigenvalue weighted by atomic mass is 9.95. The van der Waals surface area contributed by atoms with E-state index in [0.717, 1.165) is 17.9 Å². The Balaban J connectivity index is 1.29. The number of thioether (sulfide) groups is 1. The molecule has 3 atom stereocenters. The van der Waals surface area contributed by atoms with Crippen LogP contribution < -0.4 is 5.32 Å². The maximum atomic E-state index is 12.1. The second kappa shape index (κ2) is 6.31. The summed E-state index contributed by atoms with van der Waals surface area (Å²) in [5.74, 6) is 2.69. The first-order valence-corrected chi connectivity index (χ1v) is 9.01. The number of carbonyl (C=O) groups is 1. The Morgan fingerprint density at radius 2 is 2.17 bits per heavy atom. The molecule has 0 aromatic carbocycles. The zero-order chi connectivity index (χ0) is 15.6. The summed E-state index contributed by atoms with van der Waals surface area (Å²) in [6.07, 6.45) is 8.52. The van der Waals surface area contributed by atoms with Crippen molar-refractivity contribution in [1.29, 1.82) is 0 Å². The lowest BCUT2D eigenvalue weighted by Crippen LogP contribution is -2.39. The number of aromatic amines is 1. The van der Waals surface area contributed by atoms with Gasteiger partial charge >= 0.3 is 0 Å². The topological polar surface area (TPSA) is 83.6 Å². The molecule has 2 aromatic heterocycles. The number of pyridine rings is 1. The highest BCUT2D eigenvalue weighted by atomic mass is 32.2. The Morgan fingerprint density at radius 1 is 1.30 bits per heavy atom. The highest BCUT2D eigenvalue weighted by molar-refractivity contribution is 7.99. The van der Waals surface area contributed by atoms with Gasteiger partial charge in [-0.25, -0.2) is 4.98 Å². The Bertz CT molecular complexity index is 689. The first kappa shape index (κ1) is 14.7. The number of amides is 1. The number of hydrogen-bond donors (Lipinski definition) is 2. The first-order chi connectivity index (χ1) is 11.3. The zero-order valence-electron chi connectivity index (χ0n) is 12.7. The van der Waals surface area contributed by atoms with Crippen LogP contribution in [-0.2, 0) is 4.79 Å². The van der Waals surface area contributed by atoms with Gasteiger partial charge in [0, 0.05) is 24.0 Å². The van der Waals surface area contributed by atoms with Gasteiger partial charge in [0.05, 0.1) is 5.75 Å². The van der Waals surface area contributed by atoms with Crippen LogP contribution in [0, 0.1) is 11.8 Å². The number of carbonyl (C=O) groups excluding carboxylic acids is 1. The van der Waals surface area contributed by atoms with Crippen LogP contribution in [0.4, 0.5) is 0 Å². The molecule has 2 aromatic rings. The number of fused-ring (bicyclic) bond motifs is 2. The molecule has 2 bridgehead atoms. The average molecular weight is 329 g/mol. The summed E-state index contributed by atoms with van der Waals surface area (Å²) in [7, 11) is 0. The van der Waals surface area contributed by atoms with Gasteiger partial charge in [0.2, 0.25) is 11.1 Å². The summed E-state index contributed by atoms with van der Waals surface area (Å²) in [6, 6.07) is 4.13. The van der Waals surface area contributed by atoms with Crippen LogP contribution in [0.15, 0.2) is 29.7 Å². The molecule has 2 N–H and O–H groups in total. The SMILES string of the molecule is O=C(CSc1n[nH]c(-c2ccncc2)n1)NC1CC2CCC1C2. The molecule has 1 amide bonds. The van der Waals surface area contributed by atoms with Crippen molar-refractivity contribution in [2.45, 2.75) is 36.9 Å². The molecule has 6 nitrogen and oxygen atoms in total. The highest BCUT2D eigenvalue weighted by Crippen LogP contribution is 2.44. The van der Waals surface area contributed by atoms with Gasteiger partial charge in [0.25, 0.3) is 0 Å². The molecule has 2 fully saturated rings. The van der Waals surface area contributed by atoms with Crippen molar-refractivity contribution in [3.05, 3.63) is 24.5 Å². The number of nitrogens with zero attached hydrogens (tertiary/aromatic N) is 3. The minimum Gasteiger partial charge on any atom is -0.352 e. The van der Waals surface area contributed by atoms with E-state index in [1.807, 2.05) is 12.1 Å². The molecule has 2 heterocycles. The summed E-state index contributed by atoms with van der Waals surface area (Å²) < 4.78 is 0. The van der Waals surface area contributed by atoms with Crippen molar-refractivity contribution in [2.24, 2.45) is 11.8 Å². The minimum absolute atomic E-state index is 0.0859. The average Bonchev–Trinajstić information content (AvgIpc) is 3.30. The third-order valence-corrected chi connectivity index (χ3v) is 5.68. The van der Waals surface area contributed by atoms with Crippen LogP contribution in [0.1, 0.15) is 25.7 Å². The van der Waals surface area contributed by atoms with E-state index >= 15 is 0 Å². The second-order valence-corrected chi connectivity index (χ2v) is 7.28. The molecule has 2 aliphatic rings. The summed E-state index contributed by atoms with van der Waals surface area (Å²) >= 11 is 1.37. The first-order valence-electron chi connectivity index (χ1n) is 8.03. The zero-order valence-corrected chi connectivity index (χ0v) is 13.6. The van der Waals surface area contributed by atoms with Gasteiger partial charge in [0.15, 0.2) is 5.82 Å². The van der Waals surface area contributed by atoms with Crippen LogP contribution in [0.5, 0.6) is 0 Å². The molecule has 2 saturated carbocycles. The van der Waals surface area contributed by atoms with Crippen molar-refractivity contribution in [3.63, 3.8) is 0 Å². The smallest absolute Gasteiger partial charge is 0.230 e. The number of rotatable bonds is 5. The van der Waals surface area contributed by atoms with E-state index in [2.05, 4.69) is 25.5 Å². The quantitative estimate of drug-likeness (QED) is 0.822. The fraction of sp³-hybridized carbons (Fsp3) is 0.500. The summed E-state index contributed by atoms with van der Waals surface area (Å²) in [5.41, 5.74) is 0.936. The Kier molecular flexibility index (Phi) is 4.03. The van der Waals surface area contributed by atoms with Gasteiger partial charge in [-0.15, -0.1) is 5.10 Å². The summed E-state index contributed by atoms with van der Waals surface area (Å²) in [5, 5.41) is 10.8. The molecule has 2 aliphatic carbocycles. The van der Waals surface area contributed by atoms with E-state index in [9.17, 15) is 4.79 Å². The minimum atomic E-state index is 0.0859. The van der Waals surface area contributed by atoms with Crippen molar-refractivity contribution < 1.29 is 4.79 Å². The van der Waals surface area contributed by atoms with E-state index in [4.69, 9.17) is 0 Å². The fourth-order valence-corrected chi connectivity index (χ4v) is 4.36. The van der Waals surface area contributed by atoms with E-state index in [1.54, 1.807) is 12.4 Å². The molecule has 120 valence electrons. The number of H-pyrrole nitrogens is 1. The summed E-state index contributed by atoms with van der Waals surface area (Å²) in [6.45, 7) is 0. The number of nitrogens with one attached hydrogen (secondary N) is 2. The maximum absolute atomic E-state index is 12.1. The van der Waals surface area contributed by atoms with Gasteiger partial charge in [0.1, 0.15) is 0 Å². The lowest BCUT2D eigenvalue weighted by molar-refractivity contribution is -0.119. The molecule has 3 unspecified atom stereocenters. The second-order valence-electron chi connectivity index (χ2n) is 6.34. The molecular formula is C16H19N5OS. The highest BCUT2D eigenvalue weighted by Gasteiger charge is 2.39. The van der Waals surface area contributed by atoms with Crippen LogP contribution in [0.25, 0.3) is 11.4 Å². The van der Waals surface area contributed by atoms with Crippen molar-refractivity contribution >= 4 is 17.7 Å². The van der Waals surface area contributed by atoms with E-state index in [-0.39, 0.29) is 5.91 Å². The Hall–Kier alpha value is -1.89. The van der Waals surface area contributed by atoms with Gasteiger partial charge < -0.3 is 5.32 Å². The molecule has 0 saturated heterocycles. The molecule has 0 spiro atoms. The molecular weight excluding hydrogens is 310 g/mol. The van der Waals surface area contributed by atoms with Gasteiger partial charge in [-0.2, -0.15) is 0 Å². The van der Waals surface area contributed by atoms with E-state index < -0.39 is 0 Å². The largest absolute Gasteiger partial charge is 0.352 e.